The fraction of sp³-hybridized carbons (Fsp3) is 0.333. The standard InChI is InChI=1S/C21H22ClN3O4S/c1-14-9-11-25(12-10-14)30(26,27)19-13-15(7-8-18(19)28-2)20-23-24-21(29-20)16-5-3-4-6-17(16)22/h3-8,13-14H,9-12H2,1-2H3. The lowest BCUT2D eigenvalue weighted by atomic mass is 10.0. The summed E-state index contributed by atoms with van der Waals surface area (Å²) in [5.74, 6) is 1.27. The smallest absolute Gasteiger partial charge is 0.249 e. The quantitative estimate of drug-likeness (QED) is 0.573. The second-order valence-electron chi connectivity index (χ2n) is 7.34. The summed E-state index contributed by atoms with van der Waals surface area (Å²) in [6.07, 6.45) is 1.68. The summed E-state index contributed by atoms with van der Waals surface area (Å²) >= 11 is 6.21. The zero-order valence-corrected chi connectivity index (χ0v) is 18.3. The van der Waals surface area contributed by atoms with Gasteiger partial charge < -0.3 is 9.15 Å². The molecule has 1 aliphatic rings. The maximum atomic E-state index is 13.3. The van der Waals surface area contributed by atoms with Crippen molar-refractivity contribution in [3.63, 3.8) is 0 Å². The molecule has 0 bridgehead atoms. The molecule has 0 saturated carbocycles. The molecule has 9 heteroatoms. The number of methoxy groups -OCH3 is 1. The maximum absolute atomic E-state index is 13.3. The molecule has 0 spiro atoms. The summed E-state index contributed by atoms with van der Waals surface area (Å²) in [6, 6.07) is 12.0. The first-order chi connectivity index (χ1) is 14.4. The van der Waals surface area contributed by atoms with Crippen LogP contribution in [0.4, 0.5) is 0 Å². The van der Waals surface area contributed by atoms with Crippen LogP contribution in [0.15, 0.2) is 51.8 Å². The SMILES string of the molecule is COc1ccc(-c2nnc(-c3ccccc3Cl)o2)cc1S(=O)(=O)N1CCC(C)CC1. The van der Waals surface area contributed by atoms with Gasteiger partial charge in [0.1, 0.15) is 10.6 Å². The van der Waals surface area contributed by atoms with Crippen LogP contribution in [0.5, 0.6) is 5.75 Å². The number of benzene rings is 2. The number of sulfonamides is 1. The van der Waals surface area contributed by atoms with Crippen molar-refractivity contribution in [2.45, 2.75) is 24.7 Å². The summed E-state index contributed by atoms with van der Waals surface area (Å²) in [5.41, 5.74) is 1.10. The van der Waals surface area contributed by atoms with Gasteiger partial charge in [0.25, 0.3) is 0 Å². The minimum Gasteiger partial charge on any atom is -0.495 e. The van der Waals surface area contributed by atoms with Crippen LogP contribution in [-0.4, -0.2) is 43.1 Å². The van der Waals surface area contributed by atoms with Crippen molar-refractivity contribution < 1.29 is 17.6 Å². The van der Waals surface area contributed by atoms with Crippen molar-refractivity contribution in [1.29, 1.82) is 0 Å². The summed E-state index contributed by atoms with van der Waals surface area (Å²) < 4.78 is 39.2. The molecule has 4 rings (SSSR count). The molecule has 2 aromatic carbocycles. The number of ether oxygens (including phenoxy) is 1. The number of rotatable bonds is 5. The van der Waals surface area contributed by atoms with Gasteiger partial charge in [-0.1, -0.05) is 30.7 Å². The second kappa shape index (κ2) is 8.37. The molecular formula is C21H22ClN3O4S. The van der Waals surface area contributed by atoms with Crippen molar-refractivity contribution in [1.82, 2.24) is 14.5 Å². The van der Waals surface area contributed by atoms with Gasteiger partial charge in [-0.15, -0.1) is 10.2 Å². The zero-order chi connectivity index (χ0) is 21.3. The van der Waals surface area contributed by atoms with Crippen molar-refractivity contribution >= 4 is 21.6 Å². The predicted molar refractivity (Wildman–Crippen MR) is 114 cm³/mol. The van der Waals surface area contributed by atoms with E-state index in [1.807, 2.05) is 12.1 Å². The highest BCUT2D eigenvalue weighted by Gasteiger charge is 2.31. The Morgan fingerprint density at radius 2 is 1.80 bits per heavy atom. The van der Waals surface area contributed by atoms with E-state index >= 15 is 0 Å². The molecule has 0 atom stereocenters. The van der Waals surface area contributed by atoms with E-state index in [0.717, 1.165) is 12.8 Å². The van der Waals surface area contributed by atoms with Crippen molar-refractivity contribution in [2.24, 2.45) is 5.92 Å². The molecule has 0 amide bonds. The molecule has 7 nitrogen and oxygen atoms in total. The van der Waals surface area contributed by atoms with Crippen LogP contribution in [0.2, 0.25) is 5.02 Å². The van der Waals surface area contributed by atoms with Gasteiger partial charge in [0.15, 0.2) is 0 Å². The minimum atomic E-state index is -3.71. The largest absolute Gasteiger partial charge is 0.495 e. The normalized spacial score (nSPS) is 16.0. The monoisotopic (exact) mass is 447 g/mol. The van der Waals surface area contributed by atoms with Gasteiger partial charge in [-0.05, 0) is 49.1 Å². The molecule has 1 aromatic heterocycles. The Bertz CT molecular complexity index is 1150. The Hall–Kier alpha value is -2.42. The minimum absolute atomic E-state index is 0.0922. The average Bonchev–Trinajstić information content (AvgIpc) is 3.24. The van der Waals surface area contributed by atoms with Crippen LogP contribution in [0.1, 0.15) is 19.8 Å². The third-order valence-electron chi connectivity index (χ3n) is 5.30. The first-order valence-electron chi connectivity index (χ1n) is 9.67. The third-order valence-corrected chi connectivity index (χ3v) is 7.55. The van der Waals surface area contributed by atoms with Gasteiger partial charge in [-0.25, -0.2) is 8.42 Å². The molecule has 158 valence electrons. The van der Waals surface area contributed by atoms with Crippen LogP contribution in [-0.2, 0) is 10.0 Å². The topological polar surface area (TPSA) is 85.5 Å². The van der Waals surface area contributed by atoms with Gasteiger partial charge >= 0.3 is 0 Å². The highest BCUT2D eigenvalue weighted by atomic mass is 35.5. The lowest BCUT2D eigenvalue weighted by Crippen LogP contribution is -2.38. The molecule has 0 radical (unpaired) electrons. The molecule has 0 N–H and O–H groups in total. The molecule has 30 heavy (non-hydrogen) atoms. The van der Waals surface area contributed by atoms with Gasteiger partial charge in [0, 0.05) is 18.7 Å². The van der Waals surface area contributed by atoms with Crippen LogP contribution < -0.4 is 4.74 Å². The summed E-state index contributed by atoms with van der Waals surface area (Å²) in [4.78, 5) is 0.0922. The van der Waals surface area contributed by atoms with Gasteiger partial charge in [0.2, 0.25) is 21.8 Å². The number of piperidine rings is 1. The van der Waals surface area contributed by atoms with Crippen LogP contribution >= 0.6 is 11.6 Å². The first kappa shape index (κ1) is 20.8. The predicted octanol–water partition coefficient (Wildman–Crippen LogP) is 4.49. The number of aromatic nitrogens is 2. The van der Waals surface area contributed by atoms with Gasteiger partial charge in [-0.2, -0.15) is 4.31 Å². The van der Waals surface area contributed by atoms with E-state index in [1.165, 1.54) is 17.5 Å². The Labute approximate surface area is 180 Å². The Kier molecular flexibility index (Phi) is 5.81. The third kappa shape index (κ3) is 3.95. The van der Waals surface area contributed by atoms with E-state index in [-0.39, 0.29) is 22.4 Å². The fourth-order valence-corrected chi connectivity index (χ4v) is 5.33. The van der Waals surface area contributed by atoms with Crippen molar-refractivity contribution in [2.75, 3.05) is 20.2 Å². The van der Waals surface area contributed by atoms with E-state index in [9.17, 15) is 8.42 Å². The van der Waals surface area contributed by atoms with Crippen LogP contribution in [0.3, 0.4) is 0 Å². The number of halogens is 1. The lowest BCUT2D eigenvalue weighted by molar-refractivity contribution is 0.287. The van der Waals surface area contributed by atoms with Gasteiger partial charge in [-0.3, -0.25) is 0 Å². The molecule has 2 heterocycles. The highest BCUT2D eigenvalue weighted by Crippen LogP contribution is 2.34. The Morgan fingerprint density at radius 1 is 1.10 bits per heavy atom. The van der Waals surface area contributed by atoms with Gasteiger partial charge in [0.05, 0.1) is 17.7 Å². The Balaban J connectivity index is 1.71. The Morgan fingerprint density at radius 3 is 2.50 bits per heavy atom. The molecule has 1 aliphatic heterocycles. The number of hydrogen-bond donors (Lipinski definition) is 0. The van der Waals surface area contributed by atoms with Crippen LogP contribution in [0.25, 0.3) is 22.9 Å². The van der Waals surface area contributed by atoms with E-state index in [2.05, 4.69) is 17.1 Å². The summed E-state index contributed by atoms with van der Waals surface area (Å²) in [5, 5.41) is 8.64. The molecule has 0 aliphatic carbocycles. The van der Waals surface area contributed by atoms with E-state index in [1.54, 1.807) is 24.3 Å². The maximum Gasteiger partial charge on any atom is 0.249 e. The highest BCUT2D eigenvalue weighted by molar-refractivity contribution is 7.89. The zero-order valence-electron chi connectivity index (χ0n) is 16.7. The van der Waals surface area contributed by atoms with Crippen molar-refractivity contribution in [3.05, 3.63) is 47.5 Å². The fourth-order valence-electron chi connectivity index (χ4n) is 3.46. The van der Waals surface area contributed by atoms with E-state index in [0.29, 0.717) is 35.2 Å². The van der Waals surface area contributed by atoms with E-state index < -0.39 is 10.0 Å². The summed E-state index contributed by atoms with van der Waals surface area (Å²) in [6.45, 7) is 3.12. The molecule has 1 fully saturated rings. The van der Waals surface area contributed by atoms with E-state index in [4.69, 9.17) is 20.8 Å². The summed E-state index contributed by atoms with van der Waals surface area (Å²) in [7, 11) is -2.26. The first-order valence-corrected chi connectivity index (χ1v) is 11.5. The molecule has 0 unspecified atom stereocenters. The number of hydrogen-bond acceptors (Lipinski definition) is 6. The number of nitrogens with zero attached hydrogens (tertiary/aromatic N) is 3. The van der Waals surface area contributed by atoms with Crippen LogP contribution in [0, 0.1) is 5.92 Å². The average molecular weight is 448 g/mol. The lowest BCUT2D eigenvalue weighted by Gasteiger charge is -2.29. The second-order valence-corrected chi connectivity index (χ2v) is 9.66. The molecule has 3 aromatic rings. The molecular weight excluding hydrogens is 426 g/mol. The molecule has 1 saturated heterocycles. The van der Waals surface area contributed by atoms with Crippen molar-refractivity contribution in [3.8, 4) is 28.7 Å².